The predicted molar refractivity (Wildman–Crippen MR) is 68.1 cm³/mol. The summed E-state index contributed by atoms with van der Waals surface area (Å²) in [4.78, 5) is 11.4. The highest BCUT2D eigenvalue weighted by Crippen LogP contribution is 2.45. The van der Waals surface area contributed by atoms with Crippen molar-refractivity contribution in [2.75, 3.05) is 0 Å². The van der Waals surface area contributed by atoms with Gasteiger partial charge in [-0.1, -0.05) is 12.1 Å². The van der Waals surface area contributed by atoms with Gasteiger partial charge in [0.1, 0.15) is 11.3 Å². The molecule has 1 N–H and O–H groups in total. The maximum atomic E-state index is 12.5. The molecule has 110 valence electrons. The Bertz CT molecular complexity index is 679. The summed E-state index contributed by atoms with van der Waals surface area (Å²) < 4.78 is 42.9. The molecule has 1 saturated carbocycles. The Hall–Kier alpha value is -2.24. The van der Waals surface area contributed by atoms with Crippen LogP contribution in [0.3, 0.4) is 0 Å². The molecule has 1 fully saturated rings. The lowest BCUT2D eigenvalue weighted by Crippen LogP contribution is -2.04. The summed E-state index contributed by atoms with van der Waals surface area (Å²) in [5.41, 5.74) is 0.000435. The van der Waals surface area contributed by atoms with E-state index in [2.05, 4.69) is 0 Å². The Kier molecular flexibility index (Phi) is 3.04. The van der Waals surface area contributed by atoms with Gasteiger partial charge in [-0.05, 0) is 30.5 Å². The summed E-state index contributed by atoms with van der Waals surface area (Å²) in [6, 6.07) is 4.39. The number of furan rings is 1. The number of alkyl halides is 3. The molecule has 0 atom stereocenters. The summed E-state index contributed by atoms with van der Waals surface area (Å²) >= 11 is 0. The number of hydrogen-bond acceptors (Lipinski definition) is 2. The van der Waals surface area contributed by atoms with E-state index in [0.29, 0.717) is 16.9 Å². The number of halogens is 3. The topological polar surface area (TPSA) is 50.4 Å². The number of aromatic carboxylic acids is 1. The van der Waals surface area contributed by atoms with Gasteiger partial charge in [-0.25, -0.2) is 4.79 Å². The third-order valence-electron chi connectivity index (χ3n) is 3.50. The van der Waals surface area contributed by atoms with Crippen molar-refractivity contribution in [3.05, 3.63) is 47.4 Å². The van der Waals surface area contributed by atoms with Crippen LogP contribution in [0.5, 0.6) is 0 Å². The number of carboxylic acids is 1. The lowest BCUT2D eigenvalue weighted by atomic mass is 10.0. The molecule has 21 heavy (non-hydrogen) atoms. The van der Waals surface area contributed by atoms with E-state index in [1.807, 2.05) is 0 Å². The van der Waals surface area contributed by atoms with E-state index in [4.69, 9.17) is 4.42 Å². The second-order valence-corrected chi connectivity index (χ2v) is 5.04. The molecule has 0 bridgehead atoms. The Balaban J connectivity index is 2.02. The van der Waals surface area contributed by atoms with Crippen molar-refractivity contribution in [2.24, 2.45) is 0 Å². The summed E-state index contributed by atoms with van der Waals surface area (Å²) in [6.07, 6.45) is -1.36. The van der Waals surface area contributed by atoms with E-state index in [9.17, 15) is 23.1 Å². The van der Waals surface area contributed by atoms with Crippen LogP contribution in [0.2, 0.25) is 0 Å². The third kappa shape index (κ3) is 2.53. The number of carbonyl (C=O) groups is 1. The summed E-state index contributed by atoms with van der Waals surface area (Å²) in [6.45, 7) is 0. The van der Waals surface area contributed by atoms with Gasteiger partial charge in [0.2, 0.25) is 0 Å². The first-order chi connectivity index (χ1) is 9.88. The maximum Gasteiger partial charge on any atom is 0.416 e. The molecule has 3 nitrogen and oxygen atoms in total. The zero-order valence-corrected chi connectivity index (χ0v) is 10.8. The standard InChI is InChI=1S/C15H11F3O3/c16-15(17,18)10-5-3-8(4-6-10)11-7-21-13(9-1-2-9)12(11)14(19)20/h3-7,9H,1-2H2,(H,19,20). The van der Waals surface area contributed by atoms with Gasteiger partial charge in [-0.3, -0.25) is 0 Å². The van der Waals surface area contributed by atoms with Crippen LogP contribution >= 0.6 is 0 Å². The van der Waals surface area contributed by atoms with Crippen molar-refractivity contribution < 1.29 is 27.5 Å². The minimum Gasteiger partial charge on any atom is -0.478 e. The highest BCUT2D eigenvalue weighted by Gasteiger charge is 2.34. The van der Waals surface area contributed by atoms with Crippen molar-refractivity contribution in [3.63, 3.8) is 0 Å². The summed E-state index contributed by atoms with van der Waals surface area (Å²) in [5, 5.41) is 9.32. The average Bonchev–Trinajstić information content (AvgIpc) is 3.16. The van der Waals surface area contributed by atoms with Gasteiger partial charge < -0.3 is 9.52 Å². The lowest BCUT2D eigenvalue weighted by molar-refractivity contribution is -0.137. The first-order valence-corrected chi connectivity index (χ1v) is 6.40. The largest absolute Gasteiger partial charge is 0.478 e. The van der Waals surface area contributed by atoms with Gasteiger partial charge in [0.25, 0.3) is 0 Å². The van der Waals surface area contributed by atoms with Gasteiger partial charge in [-0.2, -0.15) is 13.2 Å². The van der Waals surface area contributed by atoms with Crippen molar-refractivity contribution in [1.29, 1.82) is 0 Å². The fourth-order valence-electron chi connectivity index (χ4n) is 2.29. The van der Waals surface area contributed by atoms with Crippen LogP contribution < -0.4 is 0 Å². The van der Waals surface area contributed by atoms with Crippen LogP contribution in [0, 0.1) is 0 Å². The molecule has 1 heterocycles. The minimum absolute atomic E-state index is 0.0530. The predicted octanol–water partition coefficient (Wildman–Crippen LogP) is 4.54. The Labute approximate surface area is 118 Å². The van der Waals surface area contributed by atoms with E-state index >= 15 is 0 Å². The molecule has 1 aliphatic carbocycles. The fourth-order valence-corrected chi connectivity index (χ4v) is 2.29. The van der Waals surface area contributed by atoms with Crippen molar-refractivity contribution in [3.8, 4) is 11.1 Å². The van der Waals surface area contributed by atoms with Gasteiger partial charge in [0.05, 0.1) is 11.8 Å². The van der Waals surface area contributed by atoms with E-state index in [0.717, 1.165) is 25.0 Å². The van der Waals surface area contributed by atoms with Crippen LogP contribution in [-0.4, -0.2) is 11.1 Å². The molecule has 1 aromatic carbocycles. The molecule has 6 heteroatoms. The monoisotopic (exact) mass is 296 g/mol. The van der Waals surface area contributed by atoms with Gasteiger partial charge in [0.15, 0.2) is 0 Å². The number of rotatable bonds is 3. The third-order valence-corrected chi connectivity index (χ3v) is 3.50. The number of benzene rings is 1. The first-order valence-electron chi connectivity index (χ1n) is 6.40. The van der Waals surface area contributed by atoms with Crippen LogP contribution in [0.25, 0.3) is 11.1 Å². The second kappa shape index (κ2) is 4.65. The molecule has 0 saturated heterocycles. The van der Waals surface area contributed by atoms with Crippen molar-refractivity contribution in [1.82, 2.24) is 0 Å². The molecule has 0 unspecified atom stereocenters. The molecule has 1 aliphatic rings. The summed E-state index contributed by atoms with van der Waals surface area (Å²) in [7, 11) is 0. The molecule has 1 aromatic heterocycles. The quantitative estimate of drug-likeness (QED) is 0.904. The lowest BCUT2D eigenvalue weighted by Gasteiger charge is -2.07. The molecular formula is C15H11F3O3. The molecule has 0 amide bonds. The van der Waals surface area contributed by atoms with E-state index < -0.39 is 17.7 Å². The summed E-state index contributed by atoms with van der Waals surface area (Å²) in [5.74, 6) is -0.600. The Morgan fingerprint density at radius 1 is 1.19 bits per heavy atom. The van der Waals surface area contributed by atoms with E-state index in [1.54, 1.807) is 0 Å². The fraction of sp³-hybridized carbons (Fsp3) is 0.267. The number of hydrogen-bond donors (Lipinski definition) is 1. The molecule has 3 rings (SSSR count). The normalized spacial score (nSPS) is 15.2. The smallest absolute Gasteiger partial charge is 0.416 e. The average molecular weight is 296 g/mol. The maximum absolute atomic E-state index is 12.5. The first kappa shape index (κ1) is 13.7. The Morgan fingerprint density at radius 2 is 1.81 bits per heavy atom. The zero-order valence-electron chi connectivity index (χ0n) is 10.8. The zero-order chi connectivity index (χ0) is 15.2. The van der Waals surface area contributed by atoms with Crippen LogP contribution in [0.4, 0.5) is 13.2 Å². The van der Waals surface area contributed by atoms with Gasteiger partial charge in [0, 0.05) is 11.5 Å². The van der Waals surface area contributed by atoms with Crippen LogP contribution in [-0.2, 0) is 6.18 Å². The van der Waals surface area contributed by atoms with E-state index in [1.165, 1.54) is 18.4 Å². The highest BCUT2D eigenvalue weighted by atomic mass is 19.4. The van der Waals surface area contributed by atoms with Crippen molar-refractivity contribution in [2.45, 2.75) is 24.9 Å². The van der Waals surface area contributed by atoms with Gasteiger partial charge in [-0.15, -0.1) is 0 Å². The molecule has 2 aromatic rings. The minimum atomic E-state index is -4.41. The van der Waals surface area contributed by atoms with Crippen LogP contribution in [0.15, 0.2) is 34.9 Å². The van der Waals surface area contributed by atoms with E-state index in [-0.39, 0.29) is 11.5 Å². The van der Waals surface area contributed by atoms with Crippen LogP contribution in [0.1, 0.15) is 40.4 Å². The highest BCUT2D eigenvalue weighted by molar-refractivity contribution is 5.97. The molecule has 0 spiro atoms. The molecule has 0 radical (unpaired) electrons. The van der Waals surface area contributed by atoms with Gasteiger partial charge >= 0.3 is 12.1 Å². The molecule has 0 aliphatic heterocycles. The molecular weight excluding hydrogens is 285 g/mol. The van der Waals surface area contributed by atoms with Crippen molar-refractivity contribution >= 4 is 5.97 Å². The second-order valence-electron chi connectivity index (χ2n) is 5.04. The number of carboxylic acid groups (broad SMARTS) is 1. The SMILES string of the molecule is O=C(O)c1c(-c2ccc(C(F)(F)F)cc2)coc1C1CC1. The Morgan fingerprint density at radius 3 is 2.29 bits per heavy atom.